The second-order valence-electron chi connectivity index (χ2n) is 4.72. The summed E-state index contributed by atoms with van der Waals surface area (Å²) in [5, 5.41) is 0. The summed E-state index contributed by atoms with van der Waals surface area (Å²) in [4.78, 5) is 13.0. The second kappa shape index (κ2) is 5.32. The zero-order valence-electron chi connectivity index (χ0n) is 10.6. The van der Waals surface area contributed by atoms with Crippen LogP contribution < -0.4 is 9.64 Å². The number of ether oxygens (including phenoxy) is 1. The van der Waals surface area contributed by atoms with E-state index in [2.05, 4.69) is 0 Å². The lowest BCUT2D eigenvalue weighted by atomic mass is 10.1. The lowest BCUT2D eigenvalue weighted by Gasteiger charge is -2.15. The largest absolute Gasteiger partial charge is 0.496 e. The van der Waals surface area contributed by atoms with E-state index < -0.39 is 0 Å². The molecule has 0 unspecified atom stereocenters. The molecule has 1 aliphatic rings. The molecule has 92 valence electrons. The molecule has 0 spiro atoms. The molecule has 0 radical (unpaired) electrons. The molecule has 0 amide bonds. The van der Waals surface area contributed by atoms with Gasteiger partial charge in [-0.1, -0.05) is 0 Å². The fourth-order valence-electron chi connectivity index (χ4n) is 2.46. The first-order valence-corrected chi connectivity index (χ1v) is 6.22. The van der Waals surface area contributed by atoms with Gasteiger partial charge in [0.25, 0.3) is 0 Å². The summed E-state index contributed by atoms with van der Waals surface area (Å²) < 4.78 is 5.37. The van der Waals surface area contributed by atoms with Crippen molar-refractivity contribution in [1.82, 2.24) is 0 Å². The van der Waals surface area contributed by atoms with E-state index in [1.807, 2.05) is 18.2 Å². The number of carbonyl (C=O) groups is 1. The number of hydrogen-bond acceptors (Lipinski definition) is 2. The monoisotopic (exact) mass is 234 g/mol. The van der Waals surface area contributed by atoms with Crippen LogP contribution in [0.1, 0.15) is 35.7 Å². The maximum atomic E-state index is 11.4. The number of methoxy groups -OCH3 is 1. The Balaban J connectivity index is 2.21. The van der Waals surface area contributed by atoms with Crippen LogP contribution in [0.4, 0.5) is 0 Å². The maximum Gasteiger partial charge on any atom is 0.159 e. The minimum absolute atomic E-state index is 0.116. The Kier molecular flexibility index (Phi) is 3.79. The van der Waals surface area contributed by atoms with E-state index in [0.717, 1.165) is 23.4 Å². The SMILES string of the molecule is COc1ccc(C(C)=O)cc1C[NH+]1CCCC1. The number of ketones is 1. The van der Waals surface area contributed by atoms with Gasteiger partial charge in [-0.3, -0.25) is 4.79 Å². The zero-order valence-corrected chi connectivity index (χ0v) is 10.6. The zero-order chi connectivity index (χ0) is 12.3. The van der Waals surface area contributed by atoms with Gasteiger partial charge in [0.15, 0.2) is 5.78 Å². The summed E-state index contributed by atoms with van der Waals surface area (Å²) in [6.45, 7) is 5.03. The van der Waals surface area contributed by atoms with Gasteiger partial charge in [0.2, 0.25) is 0 Å². The molecule has 1 heterocycles. The minimum Gasteiger partial charge on any atom is -0.496 e. The molecule has 3 heteroatoms. The number of likely N-dealkylation sites (tertiary alicyclic amines) is 1. The van der Waals surface area contributed by atoms with Crippen molar-refractivity contribution < 1.29 is 14.4 Å². The Labute approximate surface area is 102 Å². The third kappa shape index (κ3) is 2.86. The Morgan fingerprint density at radius 2 is 2.06 bits per heavy atom. The number of Topliss-reactive ketones (excluding diaryl/α,β-unsaturated/α-hetero) is 1. The van der Waals surface area contributed by atoms with Crippen LogP contribution in [0, 0.1) is 0 Å². The molecule has 0 bridgehead atoms. The minimum atomic E-state index is 0.116. The fourth-order valence-corrected chi connectivity index (χ4v) is 2.46. The number of carbonyl (C=O) groups excluding carboxylic acids is 1. The number of nitrogens with one attached hydrogen (secondary N) is 1. The first kappa shape index (κ1) is 12.1. The maximum absolute atomic E-state index is 11.4. The summed E-state index contributed by atoms with van der Waals surface area (Å²) >= 11 is 0. The second-order valence-corrected chi connectivity index (χ2v) is 4.72. The van der Waals surface area contributed by atoms with Crippen LogP contribution >= 0.6 is 0 Å². The molecule has 3 nitrogen and oxygen atoms in total. The highest BCUT2D eigenvalue weighted by molar-refractivity contribution is 5.94. The third-order valence-corrected chi connectivity index (χ3v) is 3.44. The molecule has 0 aliphatic carbocycles. The fraction of sp³-hybridized carbons (Fsp3) is 0.500. The van der Waals surface area contributed by atoms with Gasteiger partial charge in [-0.25, -0.2) is 0 Å². The molecular formula is C14H20NO2+. The van der Waals surface area contributed by atoms with E-state index >= 15 is 0 Å². The lowest BCUT2D eigenvalue weighted by Crippen LogP contribution is -3.08. The predicted octanol–water partition coefficient (Wildman–Crippen LogP) is 1.08. The van der Waals surface area contributed by atoms with Gasteiger partial charge >= 0.3 is 0 Å². The molecule has 1 N–H and O–H groups in total. The van der Waals surface area contributed by atoms with Crippen molar-refractivity contribution in [1.29, 1.82) is 0 Å². The summed E-state index contributed by atoms with van der Waals surface area (Å²) in [6, 6.07) is 5.72. The van der Waals surface area contributed by atoms with E-state index in [1.54, 1.807) is 18.9 Å². The van der Waals surface area contributed by atoms with E-state index in [0.29, 0.717) is 0 Å². The van der Waals surface area contributed by atoms with Crippen LogP contribution in [0.5, 0.6) is 5.75 Å². The summed E-state index contributed by atoms with van der Waals surface area (Å²) in [6.07, 6.45) is 2.62. The van der Waals surface area contributed by atoms with Crippen molar-refractivity contribution in [2.24, 2.45) is 0 Å². The third-order valence-electron chi connectivity index (χ3n) is 3.44. The smallest absolute Gasteiger partial charge is 0.159 e. The van der Waals surface area contributed by atoms with Gasteiger partial charge in [-0.15, -0.1) is 0 Å². The highest BCUT2D eigenvalue weighted by Crippen LogP contribution is 2.19. The summed E-state index contributed by atoms with van der Waals surface area (Å²) in [5.41, 5.74) is 1.93. The highest BCUT2D eigenvalue weighted by atomic mass is 16.5. The average molecular weight is 234 g/mol. The topological polar surface area (TPSA) is 30.7 Å². The number of hydrogen-bond donors (Lipinski definition) is 1. The Morgan fingerprint density at radius 3 is 2.65 bits per heavy atom. The lowest BCUT2D eigenvalue weighted by molar-refractivity contribution is -0.901. The number of rotatable bonds is 4. The number of quaternary nitrogens is 1. The van der Waals surface area contributed by atoms with E-state index in [4.69, 9.17) is 4.74 Å². The van der Waals surface area contributed by atoms with Gasteiger partial charge in [-0.2, -0.15) is 0 Å². The summed E-state index contributed by atoms with van der Waals surface area (Å²) in [5.74, 6) is 1.01. The van der Waals surface area contributed by atoms with Gasteiger partial charge in [0.05, 0.1) is 20.2 Å². The summed E-state index contributed by atoms with van der Waals surface area (Å²) in [7, 11) is 1.69. The molecule has 1 aromatic carbocycles. The van der Waals surface area contributed by atoms with Crippen LogP contribution in [0.3, 0.4) is 0 Å². The van der Waals surface area contributed by atoms with Crippen LogP contribution in [-0.2, 0) is 6.54 Å². The molecule has 0 aromatic heterocycles. The first-order valence-electron chi connectivity index (χ1n) is 6.22. The molecule has 1 aliphatic heterocycles. The first-order chi connectivity index (χ1) is 8.20. The van der Waals surface area contributed by atoms with Crippen LogP contribution in [-0.4, -0.2) is 26.0 Å². The molecule has 2 rings (SSSR count). The van der Waals surface area contributed by atoms with Gasteiger partial charge < -0.3 is 9.64 Å². The number of benzene rings is 1. The van der Waals surface area contributed by atoms with Crippen molar-refractivity contribution in [2.75, 3.05) is 20.2 Å². The standard InChI is InChI=1S/C14H19NO2/c1-11(16)12-5-6-14(17-2)13(9-12)10-15-7-3-4-8-15/h5-6,9H,3-4,7-8,10H2,1-2H3/p+1. The molecule has 1 fully saturated rings. The normalized spacial score (nSPS) is 16.1. The van der Waals surface area contributed by atoms with E-state index in [1.165, 1.54) is 25.9 Å². The molecule has 0 atom stereocenters. The molecular weight excluding hydrogens is 214 g/mol. The van der Waals surface area contributed by atoms with Crippen LogP contribution in [0.2, 0.25) is 0 Å². The predicted molar refractivity (Wildman–Crippen MR) is 66.6 cm³/mol. The van der Waals surface area contributed by atoms with Gasteiger partial charge in [0, 0.05) is 24.0 Å². The quantitative estimate of drug-likeness (QED) is 0.790. The molecule has 1 saturated heterocycles. The molecule has 0 saturated carbocycles. The average Bonchev–Trinajstić information content (AvgIpc) is 2.81. The van der Waals surface area contributed by atoms with Crippen LogP contribution in [0.15, 0.2) is 18.2 Å². The molecule has 1 aromatic rings. The Morgan fingerprint density at radius 1 is 1.35 bits per heavy atom. The van der Waals surface area contributed by atoms with E-state index in [9.17, 15) is 4.79 Å². The highest BCUT2D eigenvalue weighted by Gasteiger charge is 2.18. The van der Waals surface area contributed by atoms with Crippen molar-refractivity contribution in [2.45, 2.75) is 26.3 Å². The van der Waals surface area contributed by atoms with Gasteiger partial charge in [-0.05, 0) is 25.1 Å². The van der Waals surface area contributed by atoms with Crippen LogP contribution in [0.25, 0.3) is 0 Å². The Hall–Kier alpha value is -1.35. The van der Waals surface area contributed by atoms with E-state index in [-0.39, 0.29) is 5.78 Å². The molecule has 17 heavy (non-hydrogen) atoms. The van der Waals surface area contributed by atoms with Gasteiger partial charge in [0.1, 0.15) is 12.3 Å². The van der Waals surface area contributed by atoms with Crippen molar-refractivity contribution in [3.63, 3.8) is 0 Å². The van der Waals surface area contributed by atoms with Crippen molar-refractivity contribution >= 4 is 5.78 Å². The van der Waals surface area contributed by atoms with Crippen molar-refractivity contribution in [3.05, 3.63) is 29.3 Å². The van der Waals surface area contributed by atoms with Crippen molar-refractivity contribution in [3.8, 4) is 5.75 Å². The Bertz CT molecular complexity index is 409.